The van der Waals surface area contributed by atoms with E-state index in [0.717, 1.165) is 0 Å². The summed E-state index contributed by atoms with van der Waals surface area (Å²) in [6.07, 6.45) is 4.79. The second-order valence-corrected chi connectivity index (χ2v) is 7.37. The second kappa shape index (κ2) is 7.05. The smallest absolute Gasteiger partial charge is 0.312 e. The van der Waals surface area contributed by atoms with Crippen LogP contribution in [-0.4, -0.2) is 29.0 Å². The maximum atomic E-state index is 12.7. The van der Waals surface area contributed by atoms with Crippen LogP contribution in [0, 0.1) is 16.7 Å². The molecule has 1 aliphatic carbocycles. The van der Waals surface area contributed by atoms with Crippen molar-refractivity contribution >= 4 is 23.5 Å². The van der Waals surface area contributed by atoms with Gasteiger partial charge in [-0.3, -0.25) is 14.6 Å². The van der Waals surface area contributed by atoms with Crippen molar-refractivity contribution in [1.82, 2.24) is 15.3 Å². The topological polar surface area (TPSA) is 81.2 Å². The Morgan fingerprint density at radius 3 is 2.58 bits per heavy atom. The molecule has 132 valence electrons. The van der Waals surface area contributed by atoms with Crippen molar-refractivity contribution in [3.8, 4) is 0 Å². The average Bonchev–Trinajstić information content (AvgIpc) is 2.94. The highest BCUT2D eigenvalue weighted by molar-refractivity contribution is 6.29. The Bertz CT molecular complexity index is 637. The first kappa shape index (κ1) is 18.6. The van der Waals surface area contributed by atoms with E-state index in [4.69, 9.17) is 16.3 Å². The Kier molecular flexibility index (Phi) is 5.48. The van der Waals surface area contributed by atoms with Crippen molar-refractivity contribution in [3.05, 3.63) is 23.2 Å². The summed E-state index contributed by atoms with van der Waals surface area (Å²) in [4.78, 5) is 33.1. The van der Waals surface area contributed by atoms with E-state index in [1.165, 1.54) is 19.5 Å². The maximum absolute atomic E-state index is 12.7. The molecule has 2 atom stereocenters. The molecule has 0 aliphatic heterocycles. The van der Waals surface area contributed by atoms with Crippen LogP contribution in [-0.2, 0) is 20.9 Å². The largest absolute Gasteiger partial charge is 0.469 e. The Morgan fingerprint density at radius 2 is 2.00 bits per heavy atom. The first-order chi connectivity index (χ1) is 11.2. The third-order valence-electron chi connectivity index (χ3n) is 5.21. The van der Waals surface area contributed by atoms with Crippen molar-refractivity contribution < 1.29 is 14.3 Å². The number of nitrogens with zero attached hydrogens (tertiary/aromatic N) is 2. The molecule has 0 unspecified atom stereocenters. The summed E-state index contributed by atoms with van der Waals surface area (Å²) in [6, 6.07) is 0. The number of ether oxygens (including phenoxy) is 1. The average molecular weight is 354 g/mol. The third kappa shape index (κ3) is 3.38. The van der Waals surface area contributed by atoms with Gasteiger partial charge in [0.1, 0.15) is 0 Å². The van der Waals surface area contributed by atoms with Crippen LogP contribution in [0.15, 0.2) is 12.4 Å². The number of esters is 1. The summed E-state index contributed by atoms with van der Waals surface area (Å²) < 4.78 is 5.01. The molecule has 0 aromatic carbocycles. The SMILES string of the molecule is COC(=O)[C@]1(C(C)C)CC[C@](C)(C(=O)NCc2nccnc2Cl)C1. The van der Waals surface area contributed by atoms with Gasteiger partial charge in [-0.1, -0.05) is 32.4 Å². The lowest BCUT2D eigenvalue weighted by Crippen LogP contribution is -2.41. The van der Waals surface area contributed by atoms with Gasteiger partial charge in [-0.15, -0.1) is 0 Å². The van der Waals surface area contributed by atoms with Crippen LogP contribution in [0.25, 0.3) is 0 Å². The molecule has 1 saturated carbocycles. The number of hydrogen-bond acceptors (Lipinski definition) is 5. The Hall–Kier alpha value is -1.69. The van der Waals surface area contributed by atoms with E-state index in [1.807, 2.05) is 20.8 Å². The lowest BCUT2D eigenvalue weighted by atomic mass is 9.72. The summed E-state index contributed by atoms with van der Waals surface area (Å²) in [5.41, 5.74) is -0.699. The predicted molar refractivity (Wildman–Crippen MR) is 90.1 cm³/mol. The number of hydrogen-bond donors (Lipinski definition) is 1. The van der Waals surface area contributed by atoms with Crippen molar-refractivity contribution in [2.24, 2.45) is 16.7 Å². The summed E-state index contributed by atoms with van der Waals surface area (Å²) >= 11 is 5.96. The zero-order chi connectivity index (χ0) is 18.0. The van der Waals surface area contributed by atoms with Gasteiger partial charge in [0.2, 0.25) is 5.91 Å². The van der Waals surface area contributed by atoms with Crippen LogP contribution in [0.4, 0.5) is 0 Å². The lowest BCUT2D eigenvalue weighted by Gasteiger charge is -2.32. The normalized spacial score (nSPS) is 26.4. The number of aromatic nitrogens is 2. The van der Waals surface area contributed by atoms with Crippen LogP contribution >= 0.6 is 11.6 Å². The first-order valence-electron chi connectivity index (χ1n) is 8.07. The monoisotopic (exact) mass is 353 g/mol. The van der Waals surface area contributed by atoms with Crippen molar-refractivity contribution in [1.29, 1.82) is 0 Å². The van der Waals surface area contributed by atoms with Crippen molar-refractivity contribution in [3.63, 3.8) is 0 Å². The molecule has 1 N–H and O–H groups in total. The van der Waals surface area contributed by atoms with E-state index in [9.17, 15) is 9.59 Å². The fourth-order valence-electron chi connectivity index (χ4n) is 3.52. The van der Waals surface area contributed by atoms with E-state index in [1.54, 1.807) is 0 Å². The van der Waals surface area contributed by atoms with Crippen LogP contribution < -0.4 is 5.32 Å². The van der Waals surface area contributed by atoms with E-state index in [-0.39, 0.29) is 29.5 Å². The molecule has 1 aromatic heterocycles. The number of methoxy groups -OCH3 is 1. The van der Waals surface area contributed by atoms with Gasteiger partial charge in [0, 0.05) is 17.8 Å². The lowest BCUT2D eigenvalue weighted by molar-refractivity contribution is -0.156. The second-order valence-electron chi connectivity index (χ2n) is 7.02. The molecule has 6 nitrogen and oxygen atoms in total. The van der Waals surface area contributed by atoms with E-state index in [0.29, 0.717) is 25.0 Å². The van der Waals surface area contributed by atoms with Crippen molar-refractivity contribution in [2.75, 3.05) is 7.11 Å². The van der Waals surface area contributed by atoms with E-state index >= 15 is 0 Å². The van der Waals surface area contributed by atoms with Gasteiger partial charge in [0.25, 0.3) is 0 Å². The molecule has 1 fully saturated rings. The quantitative estimate of drug-likeness (QED) is 0.823. The maximum Gasteiger partial charge on any atom is 0.312 e. The minimum absolute atomic E-state index is 0.101. The Morgan fingerprint density at radius 1 is 1.33 bits per heavy atom. The van der Waals surface area contributed by atoms with Gasteiger partial charge in [-0.05, 0) is 25.2 Å². The molecule has 0 radical (unpaired) electrons. The molecule has 1 aliphatic rings. The molecule has 0 saturated heterocycles. The molecule has 2 rings (SSSR count). The number of carbonyl (C=O) groups is 2. The summed E-state index contributed by atoms with van der Waals surface area (Å²) in [5, 5.41) is 3.16. The van der Waals surface area contributed by atoms with Crippen LogP contribution in [0.1, 0.15) is 45.7 Å². The molecule has 1 heterocycles. The molecular weight excluding hydrogens is 330 g/mol. The molecular formula is C17H24ClN3O3. The van der Waals surface area contributed by atoms with Gasteiger partial charge in [-0.25, -0.2) is 4.98 Å². The Labute approximate surface area is 147 Å². The number of nitrogens with one attached hydrogen (secondary N) is 1. The number of halogens is 1. The zero-order valence-corrected chi connectivity index (χ0v) is 15.3. The Balaban J connectivity index is 2.10. The highest BCUT2D eigenvalue weighted by atomic mass is 35.5. The molecule has 24 heavy (non-hydrogen) atoms. The van der Waals surface area contributed by atoms with E-state index < -0.39 is 10.8 Å². The summed E-state index contributed by atoms with van der Waals surface area (Å²) in [5.74, 6) is -0.226. The highest BCUT2D eigenvalue weighted by Crippen LogP contribution is 2.54. The minimum atomic E-state index is -0.618. The van der Waals surface area contributed by atoms with Crippen LogP contribution in [0.5, 0.6) is 0 Å². The van der Waals surface area contributed by atoms with Gasteiger partial charge in [0.05, 0.1) is 24.8 Å². The highest BCUT2D eigenvalue weighted by Gasteiger charge is 2.55. The predicted octanol–water partition coefficient (Wildman–Crippen LogP) is 2.75. The first-order valence-corrected chi connectivity index (χ1v) is 8.45. The van der Waals surface area contributed by atoms with E-state index in [2.05, 4.69) is 15.3 Å². The van der Waals surface area contributed by atoms with Crippen molar-refractivity contribution in [2.45, 2.75) is 46.6 Å². The summed E-state index contributed by atoms with van der Waals surface area (Å²) in [7, 11) is 1.40. The fourth-order valence-corrected chi connectivity index (χ4v) is 3.69. The number of carbonyl (C=O) groups excluding carboxylic acids is 2. The van der Waals surface area contributed by atoms with Gasteiger partial charge < -0.3 is 10.1 Å². The molecule has 0 bridgehead atoms. The molecule has 7 heteroatoms. The van der Waals surface area contributed by atoms with Gasteiger partial charge in [-0.2, -0.15) is 0 Å². The number of amides is 1. The molecule has 1 amide bonds. The summed E-state index contributed by atoms with van der Waals surface area (Å²) in [6.45, 7) is 6.11. The van der Waals surface area contributed by atoms with Crippen LogP contribution in [0.2, 0.25) is 5.15 Å². The molecule has 1 aromatic rings. The van der Waals surface area contributed by atoms with Gasteiger partial charge in [0.15, 0.2) is 5.15 Å². The zero-order valence-electron chi connectivity index (χ0n) is 14.6. The fraction of sp³-hybridized carbons (Fsp3) is 0.647. The molecule has 0 spiro atoms. The van der Waals surface area contributed by atoms with Crippen LogP contribution in [0.3, 0.4) is 0 Å². The minimum Gasteiger partial charge on any atom is -0.469 e. The number of rotatable bonds is 5. The third-order valence-corrected chi connectivity index (χ3v) is 5.53. The van der Waals surface area contributed by atoms with Gasteiger partial charge >= 0.3 is 5.97 Å². The standard InChI is InChI=1S/C17H24ClN3O3/c1-11(2)17(15(23)24-4)6-5-16(3,10-17)14(22)21-9-12-13(18)20-8-7-19-12/h7-8,11H,5-6,9-10H2,1-4H3,(H,21,22)/t16-,17+/m0/s1.